The van der Waals surface area contributed by atoms with Crippen LogP contribution in [0.15, 0.2) is 95.4 Å². The van der Waals surface area contributed by atoms with E-state index in [9.17, 15) is 0 Å². The number of aromatic nitrogens is 1. The highest BCUT2D eigenvalue weighted by molar-refractivity contribution is 6.32. The summed E-state index contributed by atoms with van der Waals surface area (Å²) in [4.78, 5) is 0. The minimum absolute atomic E-state index is 0.942. The zero-order valence-electron chi connectivity index (χ0n) is 16.0. The molecule has 0 aliphatic heterocycles. The monoisotopic (exact) mass is 381 g/mol. The summed E-state index contributed by atoms with van der Waals surface area (Å²) in [7, 11) is 0. The van der Waals surface area contributed by atoms with E-state index >= 15 is 0 Å². The molecule has 5 aromatic carbocycles. The van der Waals surface area contributed by atoms with E-state index in [1.807, 2.05) is 12.1 Å². The normalized spacial score (nSPS) is 12.7. The van der Waals surface area contributed by atoms with Gasteiger partial charge in [0.2, 0.25) is 0 Å². The number of hydrogen-bond donors (Lipinski definition) is 0. The maximum atomic E-state index is 6.21. The van der Waals surface area contributed by atoms with Gasteiger partial charge < -0.3 is 8.82 Å². The van der Waals surface area contributed by atoms with Gasteiger partial charge in [0.1, 0.15) is 11.2 Å². The largest absolute Gasteiger partial charge is 0.456 e. The lowest BCUT2D eigenvalue weighted by molar-refractivity contribution is 0.669. The fraction of sp³-hybridized carbons (Fsp3) is 0. The lowest BCUT2D eigenvalue weighted by atomic mass is 10.00. The van der Waals surface area contributed by atoms with Gasteiger partial charge in [-0.2, -0.15) is 0 Å². The van der Waals surface area contributed by atoms with Crippen LogP contribution >= 0.6 is 0 Å². The highest BCUT2D eigenvalue weighted by atomic mass is 16.3. The van der Waals surface area contributed by atoms with Gasteiger partial charge in [-0.25, -0.2) is 0 Å². The average molecular weight is 381 g/mol. The molecule has 3 aromatic heterocycles. The number of fused-ring (bicyclic) bond motifs is 11. The number of hydrogen-bond acceptors (Lipinski definition) is 1. The van der Waals surface area contributed by atoms with Crippen molar-refractivity contribution in [1.82, 2.24) is 4.40 Å². The minimum atomic E-state index is 0.942. The van der Waals surface area contributed by atoms with Crippen LogP contribution in [0.3, 0.4) is 0 Å². The molecule has 0 aliphatic rings. The maximum absolute atomic E-state index is 6.21. The van der Waals surface area contributed by atoms with Crippen LogP contribution in [0.5, 0.6) is 0 Å². The van der Waals surface area contributed by atoms with Gasteiger partial charge in [-0.05, 0) is 41.1 Å². The van der Waals surface area contributed by atoms with Crippen LogP contribution in [0.2, 0.25) is 0 Å². The Labute approximate surface area is 170 Å². The van der Waals surface area contributed by atoms with Crippen molar-refractivity contribution in [2.24, 2.45) is 0 Å². The smallest absolute Gasteiger partial charge is 0.136 e. The fourth-order valence-corrected chi connectivity index (χ4v) is 5.46. The van der Waals surface area contributed by atoms with Gasteiger partial charge in [0.15, 0.2) is 0 Å². The van der Waals surface area contributed by atoms with Crippen molar-refractivity contribution in [2.45, 2.75) is 0 Å². The standard InChI is InChI=1S/C28H15NO/c1-2-8-17-16(7-1)13-22-20-15-26-21(18-9-4-6-12-25(18)30-26)14-24(20)29-23-11-5-3-10-19(23)27(17)28(22)29/h1-15H. The van der Waals surface area contributed by atoms with Crippen molar-refractivity contribution in [3.8, 4) is 0 Å². The molecule has 2 heteroatoms. The molecular formula is C28H15NO. The highest BCUT2D eigenvalue weighted by Crippen LogP contribution is 2.44. The molecule has 0 spiro atoms. The van der Waals surface area contributed by atoms with Crippen molar-refractivity contribution in [2.75, 3.05) is 0 Å². The Morgan fingerprint density at radius 3 is 2.20 bits per heavy atom. The summed E-state index contributed by atoms with van der Waals surface area (Å²) in [6.45, 7) is 0. The van der Waals surface area contributed by atoms with Crippen molar-refractivity contribution in [3.63, 3.8) is 0 Å². The van der Waals surface area contributed by atoms with E-state index < -0.39 is 0 Å². The summed E-state index contributed by atoms with van der Waals surface area (Å²) in [6.07, 6.45) is 0. The second kappa shape index (κ2) is 4.92. The predicted molar refractivity (Wildman–Crippen MR) is 126 cm³/mol. The SMILES string of the molecule is c1ccc2c(c1)cc1c3cc4oc5ccccc5c4cc3n3c4ccccc4c2c13. The number of furan rings is 1. The number of para-hydroxylation sites is 2. The Hall–Kier alpha value is -4.04. The Balaban J connectivity index is 1.75. The lowest BCUT2D eigenvalue weighted by Gasteiger charge is -2.02. The second-order valence-electron chi connectivity index (χ2n) is 8.19. The molecule has 0 saturated heterocycles. The lowest BCUT2D eigenvalue weighted by Crippen LogP contribution is -1.79. The molecule has 0 aliphatic carbocycles. The topological polar surface area (TPSA) is 17.6 Å². The Morgan fingerprint density at radius 1 is 0.500 bits per heavy atom. The van der Waals surface area contributed by atoms with Crippen LogP contribution in [0.1, 0.15) is 0 Å². The number of benzene rings is 5. The number of nitrogens with zero attached hydrogens (tertiary/aromatic N) is 1. The molecule has 138 valence electrons. The fourth-order valence-electron chi connectivity index (χ4n) is 5.46. The zero-order valence-corrected chi connectivity index (χ0v) is 16.0. The predicted octanol–water partition coefficient (Wildman–Crippen LogP) is 7.89. The first-order valence-electron chi connectivity index (χ1n) is 10.3. The first-order valence-corrected chi connectivity index (χ1v) is 10.3. The molecule has 2 nitrogen and oxygen atoms in total. The molecule has 30 heavy (non-hydrogen) atoms. The molecule has 0 radical (unpaired) electrons. The van der Waals surface area contributed by atoms with Gasteiger partial charge in [0, 0.05) is 32.3 Å². The molecule has 8 aromatic rings. The van der Waals surface area contributed by atoms with Crippen LogP contribution in [-0.2, 0) is 0 Å². The summed E-state index contributed by atoms with van der Waals surface area (Å²) in [6, 6.07) is 32.7. The molecule has 0 bridgehead atoms. The van der Waals surface area contributed by atoms with E-state index in [0.29, 0.717) is 0 Å². The first-order chi connectivity index (χ1) is 14.9. The minimum Gasteiger partial charge on any atom is -0.456 e. The zero-order chi connectivity index (χ0) is 19.4. The van der Waals surface area contributed by atoms with E-state index in [0.717, 1.165) is 11.2 Å². The summed E-state index contributed by atoms with van der Waals surface area (Å²) in [5.41, 5.74) is 5.70. The molecule has 0 atom stereocenters. The molecule has 0 amide bonds. The molecule has 0 N–H and O–H groups in total. The summed E-state index contributed by atoms with van der Waals surface area (Å²) < 4.78 is 8.66. The van der Waals surface area contributed by atoms with Gasteiger partial charge >= 0.3 is 0 Å². The van der Waals surface area contributed by atoms with Crippen LogP contribution < -0.4 is 0 Å². The van der Waals surface area contributed by atoms with Gasteiger partial charge in [-0.3, -0.25) is 0 Å². The van der Waals surface area contributed by atoms with Gasteiger partial charge in [-0.15, -0.1) is 0 Å². The van der Waals surface area contributed by atoms with Crippen molar-refractivity contribution < 1.29 is 4.42 Å². The quantitative estimate of drug-likeness (QED) is 0.261. The van der Waals surface area contributed by atoms with E-state index in [2.05, 4.69) is 83.3 Å². The third kappa shape index (κ3) is 1.60. The third-order valence-electron chi connectivity index (χ3n) is 6.69. The third-order valence-corrected chi connectivity index (χ3v) is 6.69. The van der Waals surface area contributed by atoms with Crippen molar-refractivity contribution in [3.05, 3.63) is 91.0 Å². The molecule has 0 fully saturated rings. The molecule has 0 unspecified atom stereocenters. The Kier molecular flexibility index (Phi) is 2.44. The molecule has 3 heterocycles. The van der Waals surface area contributed by atoms with E-state index in [1.54, 1.807) is 0 Å². The van der Waals surface area contributed by atoms with Crippen molar-refractivity contribution >= 4 is 70.8 Å². The van der Waals surface area contributed by atoms with Gasteiger partial charge in [0.05, 0.1) is 16.6 Å². The van der Waals surface area contributed by atoms with E-state index in [1.165, 1.54) is 59.6 Å². The maximum Gasteiger partial charge on any atom is 0.136 e. The molecule has 8 rings (SSSR count). The van der Waals surface area contributed by atoms with Crippen molar-refractivity contribution in [1.29, 1.82) is 0 Å². The Morgan fingerprint density at radius 2 is 1.27 bits per heavy atom. The Bertz CT molecular complexity index is 1950. The molecular weight excluding hydrogens is 366 g/mol. The molecule has 0 saturated carbocycles. The highest BCUT2D eigenvalue weighted by Gasteiger charge is 2.21. The first kappa shape index (κ1) is 14.9. The van der Waals surface area contributed by atoms with Crippen LogP contribution in [0.4, 0.5) is 0 Å². The average Bonchev–Trinajstić information content (AvgIpc) is 3.43. The van der Waals surface area contributed by atoms with E-state index in [4.69, 9.17) is 4.42 Å². The number of rotatable bonds is 0. The summed E-state index contributed by atoms with van der Waals surface area (Å²) in [5.74, 6) is 0. The van der Waals surface area contributed by atoms with Gasteiger partial charge in [-0.1, -0.05) is 60.7 Å². The van der Waals surface area contributed by atoms with Gasteiger partial charge in [0.25, 0.3) is 0 Å². The van der Waals surface area contributed by atoms with Crippen LogP contribution in [-0.4, -0.2) is 4.40 Å². The van der Waals surface area contributed by atoms with Crippen LogP contribution in [0, 0.1) is 0 Å². The second-order valence-corrected chi connectivity index (χ2v) is 8.19. The van der Waals surface area contributed by atoms with Crippen LogP contribution in [0.25, 0.3) is 70.8 Å². The summed E-state index contributed by atoms with van der Waals surface area (Å²) in [5, 5.41) is 10.1. The van der Waals surface area contributed by atoms with E-state index in [-0.39, 0.29) is 0 Å². The summed E-state index contributed by atoms with van der Waals surface area (Å²) >= 11 is 0.